The molecule has 0 spiro atoms. The molecule has 0 aromatic rings. The van der Waals surface area contributed by atoms with Gasteiger partial charge in [-0.1, -0.05) is 6.92 Å². The predicted octanol–water partition coefficient (Wildman–Crippen LogP) is 3.77. The van der Waals surface area contributed by atoms with Crippen LogP contribution in [0.5, 0.6) is 0 Å². The summed E-state index contributed by atoms with van der Waals surface area (Å²) in [6.45, 7) is 4.97. The summed E-state index contributed by atoms with van der Waals surface area (Å²) < 4.78 is 24.8. The SMILES string of the molecule is CCSCC1(CN2CCC(=C(F)F)CC2)CC1. The van der Waals surface area contributed by atoms with Gasteiger partial charge in [-0.2, -0.15) is 20.5 Å². The molecule has 2 fully saturated rings. The van der Waals surface area contributed by atoms with Crippen molar-refractivity contribution in [3.8, 4) is 0 Å². The van der Waals surface area contributed by atoms with E-state index in [9.17, 15) is 8.78 Å². The Labute approximate surface area is 107 Å². The Morgan fingerprint density at radius 3 is 2.41 bits per heavy atom. The summed E-state index contributed by atoms with van der Waals surface area (Å²) in [5.74, 6) is 2.43. The van der Waals surface area contributed by atoms with E-state index in [2.05, 4.69) is 11.8 Å². The van der Waals surface area contributed by atoms with Crippen molar-refractivity contribution >= 4 is 11.8 Å². The Kier molecular flexibility index (Phi) is 4.47. The van der Waals surface area contributed by atoms with Crippen molar-refractivity contribution in [3.05, 3.63) is 11.7 Å². The smallest absolute Gasteiger partial charge is 0.269 e. The summed E-state index contributed by atoms with van der Waals surface area (Å²) in [6.07, 6.45) is 2.36. The summed E-state index contributed by atoms with van der Waals surface area (Å²) in [7, 11) is 0. The highest BCUT2D eigenvalue weighted by Gasteiger charge is 2.43. The molecule has 1 nitrogen and oxygen atoms in total. The fourth-order valence-corrected chi connectivity index (χ4v) is 3.50. The van der Waals surface area contributed by atoms with Crippen LogP contribution in [0.25, 0.3) is 0 Å². The molecule has 4 heteroatoms. The van der Waals surface area contributed by atoms with E-state index in [1.807, 2.05) is 11.8 Å². The van der Waals surface area contributed by atoms with Gasteiger partial charge >= 0.3 is 0 Å². The number of rotatable bonds is 5. The van der Waals surface area contributed by atoms with E-state index in [4.69, 9.17) is 0 Å². The molecule has 0 amide bonds. The maximum atomic E-state index is 12.4. The summed E-state index contributed by atoms with van der Waals surface area (Å²) >= 11 is 2.02. The van der Waals surface area contributed by atoms with E-state index in [0.717, 1.165) is 19.6 Å². The van der Waals surface area contributed by atoms with E-state index in [1.54, 1.807) is 0 Å². The van der Waals surface area contributed by atoms with Gasteiger partial charge in [-0.3, -0.25) is 0 Å². The third-order valence-electron chi connectivity index (χ3n) is 3.86. The Bertz CT molecular complexity index is 286. The predicted molar refractivity (Wildman–Crippen MR) is 69.6 cm³/mol. The van der Waals surface area contributed by atoms with E-state index >= 15 is 0 Å². The summed E-state index contributed by atoms with van der Waals surface area (Å²) in [4.78, 5) is 2.38. The number of nitrogens with zero attached hydrogens (tertiary/aromatic N) is 1. The van der Waals surface area contributed by atoms with Crippen molar-refractivity contribution in [2.75, 3.05) is 31.1 Å². The number of halogens is 2. The molecular weight excluding hydrogens is 240 g/mol. The van der Waals surface area contributed by atoms with Gasteiger partial charge in [-0.15, -0.1) is 0 Å². The topological polar surface area (TPSA) is 3.24 Å². The lowest BCUT2D eigenvalue weighted by atomic mass is 10.0. The lowest BCUT2D eigenvalue weighted by Crippen LogP contribution is -2.36. The monoisotopic (exact) mass is 261 g/mol. The van der Waals surface area contributed by atoms with Gasteiger partial charge < -0.3 is 4.90 Å². The number of hydrogen-bond donors (Lipinski definition) is 0. The highest BCUT2D eigenvalue weighted by atomic mass is 32.2. The average molecular weight is 261 g/mol. The van der Waals surface area contributed by atoms with Crippen molar-refractivity contribution in [3.63, 3.8) is 0 Å². The minimum atomic E-state index is -1.44. The van der Waals surface area contributed by atoms with Crippen molar-refractivity contribution in [2.24, 2.45) is 5.41 Å². The molecule has 1 saturated carbocycles. The van der Waals surface area contributed by atoms with Crippen molar-refractivity contribution < 1.29 is 8.78 Å². The Balaban J connectivity index is 1.77. The first-order valence-electron chi connectivity index (χ1n) is 6.48. The molecule has 1 heterocycles. The first-order valence-corrected chi connectivity index (χ1v) is 7.64. The maximum absolute atomic E-state index is 12.4. The number of piperidine rings is 1. The normalized spacial score (nSPS) is 23.8. The minimum Gasteiger partial charge on any atom is -0.302 e. The molecule has 17 heavy (non-hydrogen) atoms. The van der Waals surface area contributed by atoms with Crippen molar-refractivity contribution in [1.29, 1.82) is 0 Å². The number of hydrogen-bond acceptors (Lipinski definition) is 2. The second kappa shape index (κ2) is 5.70. The van der Waals surface area contributed by atoms with Gasteiger partial charge in [0.05, 0.1) is 0 Å². The van der Waals surface area contributed by atoms with Crippen LogP contribution in [0.2, 0.25) is 0 Å². The third kappa shape index (κ3) is 3.68. The van der Waals surface area contributed by atoms with Crippen LogP contribution in [-0.4, -0.2) is 36.0 Å². The molecular formula is C13H21F2NS. The zero-order valence-electron chi connectivity index (χ0n) is 10.5. The molecule has 98 valence electrons. The van der Waals surface area contributed by atoms with E-state index in [0.29, 0.717) is 23.8 Å². The van der Waals surface area contributed by atoms with Crippen LogP contribution in [0, 0.1) is 5.41 Å². The highest BCUT2D eigenvalue weighted by Crippen LogP contribution is 2.49. The zero-order chi connectivity index (χ0) is 12.3. The van der Waals surface area contributed by atoms with Gasteiger partial charge in [0.25, 0.3) is 6.08 Å². The summed E-state index contributed by atoms with van der Waals surface area (Å²) in [5.41, 5.74) is 0.907. The molecule has 0 aromatic heterocycles. The molecule has 0 aromatic carbocycles. The number of thioether (sulfide) groups is 1. The van der Waals surface area contributed by atoms with Gasteiger partial charge in [-0.05, 0) is 42.4 Å². The van der Waals surface area contributed by atoms with Crippen LogP contribution in [0.3, 0.4) is 0 Å². The Hall–Kier alpha value is -0.0900. The molecule has 2 rings (SSSR count). The second-order valence-corrected chi connectivity index (χ2v) is 6.55. The molecule has 1 aliphatic heterocycles. The quantitative estimate of drug-likeness (QED) is 0.741. The molecule has 0 N–H and O–H groups in total. The maximum Gasteiger partial charge on any atom is 0.269 e. The van der Waals surface area contributed by atoms with Crippen LogP contribution in [0.1, 0.15) is 32.6 Å². The van der Waals surface area contributed by atoms with Gasteiger partial charge in [0, 0.05) is 25.4 Å². The lowest BCUT2D eigenvalue weighted by Gasteiger charge is -2.31. The van der Waals surface area contributed by atoms with Crippen LogP contribution in [-0.2, 0) is 0 Å². The van der Waals surface area contributed by atoms with E-state index in [-0.39, 0.29) is 0 Å². The van der Waals surface area contributed by atoms with E-state index < -0.39 is 6.08 Å². The first-order chi connectivity index (χ1) is 8.15. The summed E-state index contributed by atoms with van der Waals surface area (Å²) in [6, 6.07) is 0. The van der Waals surface area contributed by atoms with Gasteiger partial charge in [0.2, 0.25) is 0 Å². The summed E-state index contributed by atoms with van der Waals surface area (Å²) in [5, 5.41) is 0. The third-order valence-corrected chi connectivity index (χ3v) is 5.08. The zero-order valence-corrected chi connectivity index (χ0v) is 11.3. The molecule has 2 aliphatic rings. The molecule has 0 radical (unpaired) electrons. The Morgan fingerprint density at radius 2 is 1.94 bits per heavy atom. The van der Waals surface area contributed by atoms with Crippen LogP contribution < -0.4 is 0 Å². The Morgan fingerprint density at radius 1 is 1.29 bits per heavy atom. The standard InChI is InChI=1S/C13H21F2NS/c1-2-17-10-13(5-6-13)9-16-7-3-11(4-8-16)12(14)15/h2-10H2,1H3. The van der Waals surface area contributed by atoms with E-state index in [1.165, 1.54) is 24.3 Å². The van der Waals surface area contributed by atoms with Crippen LogP contribution in [0.15, 0.2) is 11.7 Å². The highest BCUT2D eigenvalue weighted by molar-refractivity contribution is 7.99. The fourth-order valence-electron chi connectivity index (χ4n) is 2.49. The van der Waals surface area contributed by atoms with Gasteiger partial charge in [0.1, 0.15) is 0 Å². The van der Waals surface area contributed by atoms with Gasteiger partial charge in [0.15, 0.2) is 0 Å². The lowest BCUT2D eigenvalue weighted by molar-refractivity contribution is 0.211. The van der Waals surface area contributed by atoms with Crippen molar-refractivity contribution in [1.82, 2.24) is 4.90 Å². The molecule has 0 unspecified atom stereocenters. The molecule has 0 atom stereocenters. The number of likely N-dealkylation sites (tertiary alicyclic amines) is 1. The van der Waals surface area contributed by atoms with Gasteiger partial charge in [-0.25, -0.2) is 0 Å². The first kappa shape index (κ1) is 13.3. The largest absolute Gasteiger partial charge is 0.302 e. The fraction of sp³-hybridized carbons (Fsp3) is 0.846. The van der Waals surface area contributed by atoms with Crippen LogP contribution >= 0.6 is 11.8 Å². The van der Waals surface area contributed by atoms with Crippen LogP contribution in [0.4, 0.5) is 8.78 Å². The minimum absolute atomic E-state index is 0.383. The average Bonchev–Trinajstić information content (AvgIpc) is 3.07. The van der Waals surface area contributed by atoms with Crippen molar-refractivity contribution in [2.45, 2.75) is 32.6 Å². The molecule has 1 saturated heterocycles. The second-order valence-electron chi connectivity index (χ2n) is 5.28. The molecule has 0 bridgehead atoms. The molecule has 1 aliphatic carbocycles.